The minimum Gasteiger partial charge on any atom is -0.476 e. The summed E-state index contributed by atoms with van der Waals surface area (Å²) in [4.78, 5) is 19.1. The Labute approximate surface area is 101 Å². The van der Waals surface area contributed by atoms with Crippen LogP contribution >= 0.6 is 15.9 Å². The number of nitrogens with zero attached hydrogens (tertiary/aromatic N) is 2. The second kappa shape index (κ2) is 4.88. The van der Waals surface area contributed by atoms with Gasteiger partial charge in [-0.15, -0.1) is 0 Å². The number of hydrogen-bond donors (Lipinski definition) is 1. The summed E-state index contributed by atoms with van der Waals surface area (Å²) in [6.45, 7) is 1.33. The van der Waals surface area contributed by atoms with E-state index in [4.69, 9.17) is 9.84 Å². The third kappa shape index (κ3) is 2.38. The van der Waals surface area contributed by atoms with E-state index in [0.717, 1.165) is 19.4 Å². The van der Waals surface area contributed by atoms with Crippen molar-refractivity contribution in [3.8, 4) is 0 Å². The van der Waals surface area contributed by atoms with Crippen molar-refractivity contribution in [2.45, 2.75) is 18.8 Å². The van der Waals surface area contributed by atoms with Crippen LogP contribution in [0.5, 0.6) is 0 Å². The monoisotopic (exact) mass is 286 g/mol. The average molecular weight is 287 g/mol. The van der Waals surface area contributed by atoms with Crippen LogP contribution in [0.2, 0.25) is 0 Å². The second-order valence-corrected chi connectivity index (χ2v) is 4.50. The van der Waals surface area contributed by atoms with E-state index < -0.39 is 5.97 Å². The van der Waals surface area contributed by atoms with Gasteiger partial charge in [0.25, 0.3) is 0 Å². The summed E-state index contributed by atoms with van der Waals surface area (Å²) in [7, 11) is 0. The molecule has 0 radical (unpaired) electrons. The predicted molar refractivity (Wildman–Crippen MR) is 59.5 cm³/mol. The summed E-state index contributed by atoms with van der Waals surface area (Å²) >= 11 is 3.12. The van der Waals surface area contributed by atoms with Crippen LogP contribution in [0.15, 0.2) is 10.7 Å². The number of carboxylic acids is 1. The maximum atomic E-state index is 10.9. The highest BCUT2D eigenvalue weighted by molar-refractivity contribution is 9.10. The summed E-state index contributed by atoms with van der Waals surface area (Å²) in [6.07, 6.45) is 3.40. The molecule has 1 aromatic heterocycles. The largest absolute Gasteiger partial charge is 0.476 e. The minimum absolute atomic E-state index is 0.00979. The van der Waals surface area contributed by atoms with E-state index >= 15 is 0 Å². The van der Waals surface area contributed by atoms with Crippen molar-refractivity contribution in [2.75, 3.05) is 13.2 Å². The first kappa shape index (κ1) is 11.5. The maximum absolute atomic E-state index is 10.9. The first-order valence-corrected chi connectivity index (χ1v) is 5.81. The molecule has 0 bridgehead atoms. The van der Waals surface area contributed by atoms with Crippen molar-refractivity contribution in [3.63, 3.8) is 0 Å². The molecule has 1 unspecified atom stereocenters. The van der Waals surface area contributed by atoms with E-state index in [1.54, 1.807) is 0 Å². The molecule has 1 fully saturated rings. The summed E-state index contributed by atoms with van der Waals surface area (Å²) in [5.41, 5.74) is 0.00979. The van der Waals surface area contributed by atoms with Gasteiger partial charge in [-0.2, -0.15) is 0 Å². The number of carbonyl (C=O) groups is 1. The Hall–Kier alpha value is -1.01. The molecule has 1 N–H and O–H groups in total. The van der Waals surface area contributed by atoms with Crippen LogP contribution in [0.25, 0.3) is 0 Å². The minimum atomic E-state index is -1.05. The molecule has 1 aliphatic heterocycles. The van der Waals surface area contributed by atoms with Crippen molar-refractivity contribution in [1.82, 2.24) is 9.97 Å². The zero-order valence-corrected chi connectivity index (χ0v) is 10.1. The Balaban J connectivity index is 2.27. The summed E-state index contributed by atoms with van der Waals surface area (Å²) in [6, 6.07) is 0. The van der Waals surface area contributed by atoms with Crippen molar-refractivity contribution in [2.24, 2.45) is 0 Å². The van der Waals surface area contributed by atoms with Crippen LogP contribution in [-0.2, 0) is 4.74 Å². The van der Waals surface area contributed by atoms with Gasteiger partial charge in [0.15, 0.2) is 5.69 Å². The highest BCUT2D eigenvalue weighted by atomic mass is 79.9. The standard InChI is InChI=1S/C10H11BrN2O3/c11-7-4-12-9(13-8(7)10(14)15)6-2-1-3-16-5-6/h4,6H,1-3,5H2,(H,14,15). The fourth-order valence-corrected chi connectivity index (χ4v) is 2.03. The van der Waals surface area contributed by atoms with Crippen molar-refractivity contribution >= 4 is 21.9 Å². The molecule has 0 aliphatic carbocycles. The highest BCUT2D eigenvalue weighted by Crippen LogP contribution is 2.24. The summed E-state index contributed by atoms with van der Waals surface area (Å²) in [5.74, 6) is -0.382. The molecule has 5 nitrogen and oxygen atoms in total. The molecular formula is C10H11BrN2O3. The lowest BCUT2D eigenvalue weighted by molar-refractivity contribution is 0.0682. The van der Waals surface area contributed by atoms with Crippen LogP contribution in [0, 0.1) is 0 Å². The van der Waals surface area contributed by atoms with Gasteiger partial charge in [-0.25, -0.2) is 14.8 Å². The molecule has 2 rings (SSSR count). The normalized spacial score (nSPS) is 20.7. The number of hydrogen-bond acceptors (Lipinski definition) is 4. The smallest absolute Gasteiger partial charge is 0.355 e. The molecule has 1 aromatic rings. The Morgan fingerprint density at radius 3 is 3.06 bits per heavy atom. The van der Waals surface area contributed by atoms with Crippen LogP contribution in [0.3, 0.4) is 0 Å². The second-order valence-electron chi connectivity index (χ2n) is 3.64. The Bertz CT molecular complexity index is 405. The molecule has 16 heavy (non-hydrogen) atoms. The van der Waals surface area contributed by atoms with Crippen molar-refractivity contribution in [1.29, 1.82) is 0 Å². The number of carboxylic acid groups (broad SMARTS) is 1. The van der Waals surface area contributed by atoms with E-state index in [0.29, 0.717) is 16.9 Å². The van der Waals surface area contributed by atoms with Gasteiger partial charge in [-0.1, -0.05) is 0 Å². The molecule has 1 saturated heterocycles. The fourth-order valence-electron chi connectivity index (χ4n) is 1.67. The molecule has 0 amide bonds. The Morgan fingerprint density at radius 2 is 2.44 bits per heavy atom. The number of halogens is 1. The van der Waals surface area contributed by atoms with E-state index in [-0.39, 0.29) is 11.6 Å². The van der Waals surface area contributed by atoms with Gasteiger partial charge in [0.1, 0.15) is 5.82 Å². The average Bonchev–Trinajstić information content (AvgIpc) is 2.30. The van der Waals surface area contributed by atoms with Crippen LogP contribution < -0.4 is 0 Å². The topological polar surface area (TPSA) is 72.3 Å². The van der Waals surface area contributed by atoms with Gasteiger partial charge in [0.2, 0.25) is 0 Å². The molecule has 0 spiro atoms. The highest BCUT2D eigenvalue weighted by Gasteiger charge is 2.21. The first-order chi connectivity index (χ1) is 7.68. The first-order valence-electron chi connectivity index (χ1n) is 5.02. The lowest BCUT2D eigenvalue weighted by Crippen LogP contribution is -2.19. The van der Waals surface area contributed by atoms with Gasteiger partial charge in [-0.3, -0.25) is 0 Å². The maximum Gasteiger partial charge on any atom is 0.355 e. The van der Waals surface area contributed by atoms with Gasteiger partial charge in [-0.05, 0) is 28.8 Å². The lowest BCUT2D eigenvalue weighted by Gasteiger charge is -2.20. The molecule has 2 heterocycles. The number of aromatic carboxylic acids is 1. The molecular weight excluding hydrogens is 276 g/mol. The van der Waals surface area contributed by atoms with Crippen LogP contribution in [-0.4, -0.2) is 34.3 Å². The molecule has 1 atom stereocenters. The molecule has 86 valence electrons. The fraction of sp³-hybridized carbons (Fsp3) is 0.500. The van der Waals surface area contributed by atoms with E-state index in [9.17, 15) is 4.79 Å². The lowest BCUT2D eigenvalue weighted by atomic mass is 10.0. The predicted octanol–water partition coefficient (Wildman–Crippen LogP) is 1.83. The van der Waals surface area contributed by atoms with E-state index in [1.165, 1.54) is 6.20 Å². The summed E-state index contributed by atoms with van der Waals surface area (Å²) in [5, 5.41) is 8.94. The molecule has 1 aliphatic rings. The van der Waals surface area contributed by atoms with E-state index in [1.807, 2.05) is 0 Å². The van der Waals surface area contributed by atoms with Gasteiger partial charge >= 0.3 is 5.97 Å². The third-order valence-corrected chi connectivity index (χ3v) is 3.07. The van der Waals surface area contributed by atoms with Gasteiger partial charge in [0, 0.05) is 18.7 Å². The number of ether oxygens (including phenoxy) is 1. The van der Waals surface area contributed by atoms with Gasteiger partial charge < -0.3 is 9.84 Å². The summed E-state index contributed by atoms with van der Waals surface area (Å²) < 4.78 is 5.73. The van der Waals surface area contributed by atoms with Crippen molar-refractivity contribution in [3.05, 3.63) is 22.2 Å². The van der Waals surface area contributed by atoms with Crippen LogP contribution in [0.4, 0.5) is 0 Å². The third-order valence-electron chi connectivity index (χ3n) is 2.49. The number of aromatic nitrogens is 2. The Kier molecular flexibility index (Phi) is 3.50. The SMILES string of the molecule is O=C(O)c1nc(C2CCCOC2)ncc1Br. The zero-order chi connectivity index (χ0) is 11.5. The Morgan fingerprint density at radius 1 is 1.62 bits per heavy atom. The molecule has 6 heteroatoms. The zero-order valence-electron chi connectivity index (χ0n) is 8.52. The van der Waals surface area contributed by atoms with Gasteiger partial charge in [0.05, 0.1) is 11.1 Å². The molecule has 0 saturated carbocycles. The van der Waals surface area contributed by atoms with E-state index in [2.05, 4.69) is 25.9 Å². The van der Waals surface area contributed by atoms with Crippen molar-refractivity contribution < 1.29 is 14.6 Å². The number of rotatable bonds is 2. The quantitative estimate of drug-likeness (QED) is 0.898. The van der Waals surface area contributed by atoms with Crippen LogP contribution in [0.1, 0.15) is 35.1 Å². The molecule has 0 aromatic carbocycles.